The Kier molecular flexibility index (Phi) is 6.16. The van der Waals surface area contributed by atoms with E-state index in [0.29, 0.717) is 6.54 Å². The molecule has 1 aromatic carbocycles. The maximum absolute atomic E-state index is 12.3. The Labute approximate surface area is 141 Å². The van der Waals surface area contributed by atoms with E-state index in [-0.39, 0.29) is 50.7 Å². The van der Waals surface area contributed by atoms with Crippen LogP contribution in [0.15, 0.2) is 18.2 Å². The van der Waals surface area contributed by atoms with Crippen LogP contribution in [-0.4, -0.2) is 65.9 Å². The van der Waals surface area contributed by atoms with Crippen molar-refractivity contribution in [3.05, 3.63) is 29.3 Å². The highest BCUT2D eigenvalue weighted by molar-refractivity contribution is 5.96. The fourth-order valence-corrected chi connectivity index (χ4v) is 2.77. The quantitative estimate of drug-likeness (QED) is 0.702. The predicted molar refractivity (Wildman–Crippen MR) is 91.0 cm³/mol. The minimum absolute atomic E-state index is 0.0283. The second-order valence-electron chi connectivity index (χ2n) is 6.06. The van der Waals surface area contributed by atoms with Crippen molar-refractivity contribution in [2.45, 2.75) is 26.3 Å². The molecular weight excluding hydrogens is 310 g/mol. The van der Waals surface area contributed by atoms with Crippen molar-refractivity contribution in [1.82, 2.24) is 10.2 Å². The fraction of sp³-hybridized carbons (Fsp3) is 0.529. The van der Waals surface area contributed by atoms with E-state index < -0.39 is 0 Å². The zero-order valence-electron chi connectivity index (χ0n) is 14.2. The lowest BCUT2D eigenvalue weighted by Crippen LogP contribution is -2.47. The molecule has 132 valence electrons. The smallest absolute Gasteiger partial charge is 0.317 e. The zero-order valence-corrected chi connectivity index (χ0v) is 14.2. The van der Waals surface area contributed by atoms with Crippen LogP contribution in [0.25, 0.3) is 0 Å². The van der Waals surface area contributed by atoms with Gasteiger partial charge in [0.05, 0.1) is 19.3 Å². The molecule has 0 bridgehead atoms. The van der Waals surface area contributed by atoms with E-state index in [2.05, 4.69) is 5.32 Å². The number of aliphatic hydroxyl groups excluding tert-OH is 2. The molecule has 1 atom stereocenters. The molecule has 0 aliphatic carbocycles. The van der Waals surface area contributed by atoms with Gasteiger partial charge >= 0.3 is 6.03 Å². The largest absolute Gasteiger partial charge is 0.395 e. The number of anilines is 1. The van der Waals surface area contributed by atoms with E-state index in [1.807, 2.05) is 32.0 Å². The third-order valence-corrected chi connectivity index (χ3v) is 4.28. The van der Waals surface area contributed by atoms with Crippen LogP contribution in [0.2, 0.25) is 0 Å². The average Bonchev–Trinajstić information content (AvgIpc) is 2.90. The van der Waals surface area contributed by atoms with Crippen molar-refractivity contribution in [1.29, 1.82) is 0 Å². The zero-order chi connectivity index (χ0) is 17.7. The summed E-state index contributed by atoms with van der Waals surface area (Å²) in [5.41, 5.74) is 3.12. The molecule has 1 fully saturated rings. The number of hydrogen-bond acceptors (Lipinski definition) is 4. The molecule has 0 spiro atoms. The predicted octanol–water partition coefficient (Wildman–Crippen LogP) is 0.405. The number of carbonyl (C=O) groups excluding carboxylic acids is 2. The van der Waals surface area contributed by atoms with Gasteiger partial charge in [-0.05, 0) is 37.1 Å². The number of nitrogens with zero attached hydrogens (tertiary/aromatic N) is 2. The first-order chi connectivity index (χ1) is 11.5. The van der Waals surface area contributed by atoms with E-state index in [1.165, 1.54) is 10.5 Å². The van der Waals surface area contributed by atoms with E-state index >= 15 is 0 Å². The summed E-state index contributed by atoms with van der Waals surface area (Å²) in [7, 11) is 0. The van der Waals surface area contributed by atoms with Gasteiger partial charge in [-0.1, -0.05) is 6.07 Å². The highest BCUT2D eigenvalue weighted by atomic mass is 16.3. The van der Waals surface area contributed by atoms with Crippen molar-refractivity contribution in [2.24, 2.45) is 0 Å². The topological polar surface area (TPSA) is 93.1 Å². The molecule has 1 aromatic rings. The summed E-state index contributed by atoms with van der Waals surface area (Å²) < 4.78 is 0. The second-order valence-corrected chi connectivity index (χ2v) is 6.06. The first-order valence-electron chi connectivity index (χ1n) is 8.11. The van der Waals surface area contributed by atoms with Gasteiger partial charge in [-0.15, -0.1) is 0 Å². The summed E-state index contributed by atoms with van der Waals surface area (Å²) in [4.78, 5) is 27.5. The minimum atomic E-state index is -0.377. The van der Waals surface area contributed by atoms with Gasteiger partial charge in [0.25, 0.3) is 0 Å². The Bertz CT molecular complexity index is 599. The van der Waals surface area contributed by atoms with Gasteiger partial charge in [-0.3, -0.25) is 4.79 Å². The standard InChI is InChI=1S/C17H25N3O4/c1-12-3-4-15(9-13(12)2)20-11-14(10-16(20)23)18-17(24)19(5-7-21)6-8-22/h3-4,9,14,21-22H,5-8,10-11H2,1-2H3,(H,18,24). The van der Waals surface area contributed by atoms with Crippen LogP contribution in [0.3, 0.4) is 0 Å². The second kappa shape index (κ2) is 8.12. The molecular formula is C17H25N3O4. The lowest BCUT2D eigenvalue weighted by Gasteiger charge is -2.23. The summed E-state index contributed by atoms with van der Waals surface area (Å²) in [6.07, 6.45) is 0.241. The van der Waals surface area contributed by atoms with Crippen LogP contribution in [-0.2, 0) is 4.79 Å². The number of amides is 3. The summed E-state index contributed by atoms with van der Waals surface area (Å²) in [5, 5.41) is 20.8. The van der Waals surface area contributed by atoms with Crippen LogP contribution >= 0.6 is 0 Å². The van der Waals surface area contributed by atoms with Crippen LogP contribution < -0.4 is 10.2 Å². The molecule has 7 nitrogen and oxygen atoms in total. The maximum Gasteiger partial charge on any atom is 0.317 e. The number of nitrogens with one attached hydrogen (secondary N) is 1. The number of benzene rings is 1. The first-order valence-corrected chi connectivity index (χ1v) is 8.11. The molecule has 1 aliphatic rings. The van der Waals surface area contributed by atoms with Crippen molar-refractivity contribution >= 4 is 17.6 Å². The van der Waals surface area contributed by atoms with E-state index in [1.54, 1.807) is 4.90 Å². The van der Waals surface area contributed by atoms with Gasteiger partial charge in [0.15, 0.2) is 0 Å². The number of aliphatic hydroxyl groups is 2. The van der Waals surface area contributed by atoms with Crippen molar-refractivity contribution in [2.75, 3.05) is 37.7 Å². The molecule has 0 radical (unpaired) electrons. The highest BCUT2D eigenvalue weighted by Crippen LogP contribution is 2.24. The van der Waals surface area contributed by atoms with Crippen molar-refractivity contribution < 1.29 is 19.8 Å². The van der Waals surface area contributed by atoms with Crippen LogP contribution in [0.5, 0.6) is 0 Å². The summed E-state index contributed by atoms with van der Waals surface area (Å²) in [6, 6.07) is 5.20. The molecule has 1 heterocycles. The molecule has 1 aliphatic heterocycles. The third-order valence-electron chi connectivity index (χ3n) is 4.28. The first kappa shape index (κ1) is 18.2. The highest BCUT2D eigenvalue weighted by Gasteiger charge is 2.32. The van der Waals surface area contributed by atoms with E-state index in [0.717, 1.165) is 11.3 Å². The molecule has 3 amide bonds. The number of urea groups is 1. The Morgan fingerprint density at radius 3 is 2.50 bits per heavy atom. The molecule has 3 N–H and O–H groups in total. The summed E-state index contributed by atoms with van der Waals surface area (Å²) in [6.45, 7) is 4.38. The van der Waals surface area contributed by atoms with Gasteiger partial charge in [-0.25, -0.2) is 4.79 Å². The third kappa shape index (κ3) is 4.24. The molecule has 24 heavy (non-hydrogen) atoms. The Morgan fingerprint density at radius 1 is 1.25 bits per heavy atom. The number of carbonyl (C=O) groups is 2. The lowest BCUT2D eigenvalue weighted by atomic mass is 10.1. The Morgan fingerprint density at radius 2 is 1.92 bits per heavy atom. The number of hydrogen-bond donors (Lipinski definition) is 3. The Hall–Kier alpha value is -2.12. The summed E-state index contributed by atoms with van der Waals surface area (Å²) >= 11 is 0. The molecule has 0 aromatic heterocycles. The molecule has 0 saturated carbocycles. The van der Waals surface area contributed by atoms with Gasteiger partial charge in [-0.2, -0.15) is 0 Å². The SMILES string of the molecule is Cc1ccc(N2CC(NC(=O)N(CCO)CCO)CC2=O)cc1C. The van der Waals surface area contributed by atoms with Gasteiger partial charge in [0.2, 0.25) is 5.91 Å². The molecule has 2 rings (SSSR count). The van der Waals surface area contributed by atoms with Crippen molar-refractivity contribution in [3.63, 3.8) is 0 Å². The molecule has 1 saturated heterocycles. The van der Waals surface area contributed by atoms with Crippen LogP contribution in [0, 0.1) is 13.8 Å². The maximum atomic E-state index is 12.3. The van der Waals surface area contributed by atoms with E-state index in [9.17, 15) is 9.59 Å². The normalized spacial score (nSPS) is 17.2. The molecule has 1 unspecified atom stereocenters. The monoisotopic (exact) mass is 335 g/mol. The van der Waals surface area contributed by atoms with Gasteiger partial charge in [0.1, 0.15) is 0 Å². The number of rotatable bonds is 6. The van der Waals surface area contributed by atoms with Gasteiger partial charge < -0.3 is 25.3 Å². The lowest BCUT2D eigenvalue weighted by molar-refractivity contribution is -0.117. The Balaban J connectivity index is 2.01. The van der Waals surface area contributed by atoms with Gasteiger partial charge in [0, 0.05) is 31.7 Å². The fourth-order valence-electron chi connectivity index (χ4n) is 2.77. The van der Waals surface area contributed by atoms with Crippen LogP contribution in [0.1, 0.15) is 17.5 Å². The summed E-state index contributed by atoms with van der Waals surface area (Å²) in [5.74, 6) is -0.0283. The molecule has 7 heteroatoms. The van der Waals surface area contributed by atoms with Crippen LogP contribution in [0.4, 0.5) is 10.5 Å². The van der Waals surface area contributed by atoms with Crippen molar-refractivity contribution in [3.8, 4) is 0 Å². The minimum Gasteiger partial charge on any atom is -0.395 e. The van der Waals surface area contributed by atoms with E-state index in [4.69, 9.17) is 10.2 Å². The number of aryl methyl sites for hydroxylation is 2. The average molecular weight is 335 g/mol.